The number of carbonyl (C=O) groups is 2. The Kier molecular flexibility index (Phi) is 6.06. The second-order valence-corrected chi connectivity index (χ2v) is 6.61. The fourth-order valence-corrected chi connectivity index (χ4v) is 2.74. The van der Waals surface area contributed by atoms with E-state index in [1.807, 2.05) is 6.07 Å². The van der Waals surface area contributed by atoms with Gasteiger partial charge in [-0.3, -0.25) is 4.79 Å². The Morgan fingerprint density at radius 1 is 1.21 bits per heavy atom. The summed E-state index contributed by atoms with van der Waals surface area (Å²) in [5, 5.41) is 12.0. The number of rotatable bonds is 8. The Balaban J connectivity index is 1.87. The molecule has 0 radical (unpaired) electrons. The molecule has 24 heavy (non-hydrogen) atoms. The fourth-order valence-electron chi connectivity index (χ4n) is 2.74. The first kappa shape index (κ1) is 18.1. The van der Waals surface area contributed by atoms with Crippen molar-refractivity contribution in [2.75, 3.05) is 13.2 Å². The van der Waals surface area contributed by atoms with Crippen LogP contribution in [0.25, 0.3) is 0 Å². The topological polar surface area (TPSA) is 84.9 Å². The van der Waals surface area contributed by atoms with Crippen molar-refractivity contribution >= 4 is 11.9 Å². The molecule has 0 aromatic heterocycles. The molecule has 132 valence electrons. The molecule has 1 aromatic rings. The molecule has 0 unspecified atom stereocenters. The molecule has 1 fully saturated rings. The van der Waals surface area contributed by atoms with E-state index in [0.29, 0.717) is 36.9 Å². The van der Waals surface area contributed by atoms with Gasteiger partial charge >= 0.3 is 5.97 Å². The van der Waals surface area contributed by atoms with Crippen LogP contribution in [0.4, 0.5) is 0 Å². The summed E-state index contributed by atoms with van der Waals surface area (Å²) in [5.41, 5.74) is -1.14. The van der Waals surface area contributed by atoms with E-state index in [1.165, 1.54) is 0 Å². The summed E-state index contributed by atoms with van der Waals surface area (Å²) in [7, 11) is 0. The van der Waals surface area contributed by atoms with Crippen molar-refractivity contribution in [3.05, 3.63) is 24.3 Å². The Morgan fingerprint density at radius 2 is 1.83 bits per heavy atom. The predicted molar refractivity (Wildman–Crippen MR) is 89.2 cm³/mol. The second-order valence-electron chi connectivity index (χ2n) is 6.61. The maximum Gasteiger partial charge on any atom is 0.329 e. The molecular weight excluding hydrogens is 310 g/mol. The highest BCUT2D eigenvalue weighted by molar-refractivity contribution is 5.87. The fraction of sp³-hybridized carbons (Fsp3) is 0.556. The largest absolute Gasteiger partial charge is 0.493 e. The molecule has 0 aliphatic heterocycles. The minimum atomic E-state index is -1.14. The SMILES string of the molecule is CC(C)COc1cccc(OCC(=O)NC2(C(=O)O)CCCC2)c1. The number of nitrogens with one attached hydrogen (secondary N) is 1. The number of carboxylic acids is 1. The lowest BCUT2D eigenvalue weighted by Gasteiger charge is -2.25. The standard InChI is InChI=1S/C18H25NO5/c1-13(2)11-23-14-6-5-7-15(10-14)24-12-16(20)19-18(17(21)22)8-3-4-9-18/h5-7,10,13H,3-4,8-9,11-12H2,1-2H3,(H,19,20)(H,21,22). The summed E-state index contributed by atoms with van der Waals surface area (Å²) in [5.74, 6) is 0.214. The summed E-state index contributed by atoms with van der Waals surface area (Å²) in [6.45, 7) is 4.51. The van der Waals surface area contributed by atoms with Gasteiger partial charge in [-0.15, -0.1) is 0 Å². The Hall–Kier alpha value is -2.24. The van der Waals surface area contributed by atoms with Gasteiger partial charge in [0.1, 0.15) is 17.0 Å². The number of hydrogen-bond donors (Lipinski definition) is 2. The lowest BCUT2D eigenvalue weighted by atomic mass is 9.98. The highest BCUT2D eigenvalue weighted by atomic mass is 16.5. The number of benzene rings is 1. The van der Waals surface area contributed by atoms with Gasteiger partial charge in [0.15, 0.2) is 6.61 Å². The summed E-state index contributed by atoms with van der Waals surface area (Å²) < 4.78 is 11.1. The lowest BCUT2D eigenvalue weighted by Crippen LogP contribution is -2.53. The third kappa shape index (κ3) is 4.88. The van der Waals surface area contributed by atoms with Crippen molar-refractivity contribution < 1.29 is 24.2 Å². The van der Waals surface area contributed by atoms with Crippen molar-refractivity contribution in [1.29, 1.82) is 0 Å². The van der Waals surface area contributed by atoms with Crippen LogP contribution in [0.3, 0.4) is 0 Å². The number of amides is 1. The van der Waals surface area contributed by atoms with Crippen LogP contribution in [-0.2, 0) is 9.59 Å². The van der Waals surface area contributed by atoms with E-state index in [2.05, 4.69) is 19.2 Å². The Labute approximate surface area is 142 Å². The Bertz CT molecular complexity index is 579. The first-order valence-corrected chi connectivity index (χ1v) is 8.31. The van der Waals surface area contributed by atoms with Crippen molar-refractivity contribution in [3.8, 4) is 11.5 Å². The maximum absolute atomic E-state index is 12.1. The zero-order valence-corrected chi connectivity index (χ0v) is 14.2. The molecule has 0 saturated heterocycles. The monoisotopic (exact) mass is 335 g/mol. The number of hydrogen-bond acceptors (Lipinski definition) is 4. The zero-order valence-electron chi connectivity index (χ0n) is 14.2. The lowest BCUT2D eigenvalue weighted by molar-refractivity contribution is -0.147. The van der Waals surface area contributed by atoms with E-state index in [0.717, 1.165) is 12.8 Å². The molecule has 1 saturated carbocycles. The summed E-state index contributed by atoms with van der Waals surface area (Å²) in [6.07, 6.45) is 2.55. The molecule has 2 rings (SSSR count). The van der Waals surface area contributed by atoms with Gasteiger partial charge in [-0.2, -0.15) is 0 Å². The maximum atomic E-state index is 12.1. The van der Waals surface area contributed by atoms with E-state index < -0.39 is 17.4 Å². The van der Waals surface area contributed by atoms with Crippen molar-refractivity contribution in [1.82, 2.24) is 5.32 Å². The molecule has 1 aliphatic rings. The molecule has 0 heterocycles. The minimum absolute atomic E-state index is 0.220. The highest BCUT2D eigenvalue weighted by Crippen LogP contribution is 2.30. The van der Waals surface area contributed by atoms with Crippen LogP contribution in [-0.4, -0.2) is 35.7 Å². The predicted octanol–water partition coefficient (Wildman–Crippen LogP) is 2.61. The van der Waals surface area contributed by atoms with Gasteiger partial charge in [-0.1, -0.05) is 32.8 Å². The van der Waals surface area contributed by atoms with Crippen LogP contribution in [0.2, 0.25) is 0 Å². The quantitative estimate of drug-likeness (QED) is 0.763. The van der Waals surface area contributed by atoms with Crippen LogP contribution in [0.1, 0.15) is 39.5 Å². The van der Waals surface area contributed by atoms with E-state index in [-0.39, 0.29) is 6.61 Å². The van der Waals surface area contributed by atoms with Gasteiger partial charge in [0.2, 0.25) is 0 Å². The van der Waals surface area contributed by atoms with E-state index in [4.69, 9.17) is 9.47 Å². The van der Waals surface area contributed by atoms with Gasteiger partial charge in [0, 0.05) is 6.07 Å². The number of aliphatic carboxylic acids is 1. The number of ether oxygens (including phenoxy) is 2. The van der Waals surface area contributed by atoms with Crippen LogP contribution in [0, 0.1) is 5.92 Å². The van der Waals surface area contributed by atoms with Crippen molar-refractivity contribution in [2.45, 2.75) is 45.1 Å². The molecule has 2 N–H and O–H groups in total. The van der Waals surface area contributed by atoms with Gasteiger partial charge in [0.05, 0.1) is 6.61 Å². The molecule has 1 aromatic carbocycles. The number of carboxylic acid groups (broad SMARTS) is 1. The molecule has 0 spiro atoms. The van der Waals surface area contributed by atoms with Gasteiger partial charge in [-0.25, -0.2) is 4.79 Å². The van der Waals surface area contributed by atoms with E-state index >= 15 is 0 Å². The molecule has 0 bridgehead atoms. The van der Waals surface area contributed by atoms with Gasteiger partial charge in [-0.05, 0) is 30.9 Å². The normalized spacial score (nSPS) is 16.0. The van der Waals surface area contributed by atoms with Crippen molar-refractivity contribution in [3.63, 3.8) is 0 Å². The smallest absolute Gasteiger partial charge is 0.329 e. The first-order valence-electron chi connectivity index (χ1n) is 8.31. The average molecular weight is 335 g/mol. The molecule has 6 heteroatoms. The van der Waals surface area contributed by atoms with Gasteiger partial charge < -0.3 is 19.9 Å². The number of carbonyl (C=O) groups excluding carboxylic acids is 1. The van der Waals surface area contributed by atoms with Crippen LogP contribution < -0.4 is 14.8 Å². The molecule has 6 nitrogen and oxygen atoms in total. The summed E-state index contributed by atoms with van der Waals surface area (Å²) >= 11 is 0. The molecular formula is C18H25NO5. The Morgan fingerprint density at radius 3 is 2.42 bits per heavy atom. The van der Waals surface area contributed by atoms with Crippen LogP contribution >= 0.6 is 0 Å². The van der Waals surface area contributed by atoms with Gasteiger partial charge in [0.25, 0.3) is 5.91 Å². The van der Waals surface area contributed by atoms with E-state index in [9.17, 15) is 14.7 Å². The molecule has 1 amide bonds. The minimum Gasteiger partial charge on any atom is -0.493 e. The molecule has 0 atom stereocenters. The zero-order chi connectivity index (χ0) is 17.6. The highest BCUT2D eigenvalue weighted by Gasteiger charge is 2.42. The van der Waals surface area contributed by atoms with Crippen LogP contribution in [0.5, 0.6) is 11.5 Å². The van der Waals surface area contributed by atoms with Crippen molar-refractivity contribution in [2.24, 2.45) is 5.92 Å². The molecule has 1 aliphatic carbocycles. The summed E-state index contributed by atoms with van der Waals surface area (Å²) in [6, 6.07) is 7.07. The first-order chi connectivity index (χ1) is 11.4. The third-order valence-electron chi connectivity index (χ3n) is 4.00. The van der Waals surface area contributed by atoms with Crippen LogP contribution in [0.15, 0.2) is 24.3 Å². The summed E-state index contributed by atoms with van der Waals surface area (Å²) in [4.78, 5) is 23.5. The van der Waals surface area contributed by atoms with E-state index in [1.54, 1.807) is 18.2 Å². The second kappa shape index (κ2) is 8.04. The average Bonchev–Trinajstić information content (AvgIpc) is 3.01. The third-order valence-corrected chi connectivity index (χ3v) is 4.00.